The predicted molar refractivity (Wildman–Crippen MR) is 140 cm³/mol. The number of benzene rings is 1. The van der Waals surface area contributed by atoms with Crippen LogP contribution in [-0.4, -0.2) is 27.9 Å². The molecule has 0 saturated heterocycles. The largest absolute Gasteiger partial charge is 0.459 e. The van der Waals surface area contributed by atoms with Crippen LogP contribution in [0.15, 0.2) is 50.6 Å². The number of nitrogens with zero attached hydrogens (tertiary/aromatic N) is 2. The zero-order chi connectivity index (χ0) is 26.2. The van der Waals surface area contributed by atoms with Gasteiger partial charge in [0.15, 0.2) is 11.4 Å². The van der Waals surface area contributed by atoms with Crippen LogP contribution in [0.5, 0.6) is 0 Å². The Balaban J connectivity index is 2.02. The molecule has 1 aromatic carbocycles. The first-order chi connectivity index (χ1) is 17.3. The standard InChI is InChI=1S/C26H33N5O5/c1-4-6-8-14-30(21-22(27)31(13-7-5-2)26(35)29-24(21)33)25(34)18-12-11-17(3)19(16-18)28-23(32)20-10-9-15-36-20/h9-12,15-16H,4-8,13-14,27H2,1-3H3,(H,28,32)(H,29,33,35). The number of anilines is 3. The zero-order valence-corrected chi connectivity index (χ0v) is 20.9. The first kappa shape index (κ1) is 26.5. The molecule has 0 radical (unpaired) electrons. The topological polar surface area (TPSA) is 143 Å². The molecule has 0 aliphatic heterocycles. The van der Waals surface area contributed by atoms with Crippen molar-refractivity contribution in [3.8, 4) is 0 Å². The van der Waals surface area contributed by atoms with Crippen LogP contribution in [0.4, 0.5) is 17.2 Å². The van der Waals surface area contributed by atoms with Crippen molar-refractivity contribution in [1.29, 1.82) is 0 Å². The SMILES string of the molecule is CCCCCN(C(=O)c1ccc(C)c(NC(=O)c2ccco2)c1)c1c(N)n(CCCC)c(=O)[nH]c1=O. The van der Waals surface area contributed by atoms with Gasteiger partial charge in [0, 0.05) is 24.3 Å². The number of furan rings is 1. The summed E-state index contributed by atoms with van der Waals surface area (Å²) in [4.78, 5) is 55.1. The van der Waals surface area contributed by atoms with E-state index >= 15 is 0 Å². The molecular formula is C26H33N5O5. The van der Waals surface area contributed by atoms with E-state index in [4.69, 9.17) is 10.2 Å². The summed E-state index contributed by atoms with van der Waals surface area (Å²) in [6, 6.07) is 8.05. The number of unbranched alkanes of at least 4 members (excludes halogenated alkanes) is 3. The van der Waals surface area contributed by atoms with Crippen LogP contribution >= 0.6 is 0 Å². The Bertz CT molecular complexity index is 1320. The molecule has 0 bridgehead atoms. The van der Waals surface area contributed by atoms with Gasteiger partial charge in [-0.05, 0) is 49.6 Å². The van der Waals surface area contributed by atoms with Gasteiger partial charge in [0.25, 0.3) is 17.4 Å². The Labute approximate surface area is 209 Å². The fourth-order valence-electron chi connectivity index (χ4n) is 3.85. The number of H-pyrrole nitrogens is 1. The number of hydrogen-bond acceptors (Lipinski definition) is 6. The summed E-state index contributed by atoms with van der Waals surface area (Å²) in [6.45, 7) is 6.39. The third kappa shape index (κ3) is 5.94. The van der Waals surface area contributed by atoms with Gasteiger partial charge in [0.2, 0.25) is 0 Å². The number of hydrogen-bond donors (Lipinski definition) is 3. The van der Waals surface area contributed by atoms with Crippen molar-refractivity contribution in [3.63, 3.8) is 0 Å². The van der Waals surface area contributed by atoms with Crippen LogP contribution in [0.25, 0.3) is 0 Å². The van der Waals surface area contributed by atoms with Gasteiger partial charge in [-0.3, -0.25) is 23.9 Å². The highest BCUT2D eigenvalue weighted by Gasteiger charge is 2.25. The number of rotatable bonds is 11. The van der Waals surface area contributed by atoms with Gasteiger partial charge in [-0.1, -0.05) is 39.2 Å². The van der Waals surface area contributed by atoms with E-state index in [-0.39, 0.29) is 29.4 Å². The number of carbonyl (C=O) groups excluding carboxylic acids is 2. The highest BCUT2D eigenvalue weighted by Crippen LogP contribution is 2.24. The second-order valence-electron chi connectivity index (χ2n) is 8.62. The second kappa shape index (κ2) is 12.1. The van der Waals surface area contributed by atoms with Crippen LogP contribution in [0, 0.1) is 6.92 Å². The summed E-state index contributed by atoms with van der Waals surface area (Å²) in [7, 11) is 0. The van der Waals surface area contributed by atoms with Crippen LogP contribution in [-0.2, 0) is 6.54 Å². The minimum absolute atomic E-state index is 0.0412. The normalized spacial score (nSPS) is 10.9. The van der Waals surface area contributed by atoms with Crippen LogP contribution in [0.3, 0.4) is 0 Å². The smallest absolute Gasteiger partial charge is 0.330 e. The number of aromatic amines is 1. The molecular weight excluding hydrogens is 462 g/mol. The highest BCUT2D eigenvalue weighted by molar-refractivity contribution is 6.09. The lowest BCUT2D eigenvalue weighted by Crippen LogP contribution is -2.41. The van der Waals surface area contributed by atoms with E-state index in [1.54, 1.807) is 31.2 Å². The van der Waals surface area contributed by atoms with Gasteiger partial charge in [0.1, 0.15) is 5.82 Å². The molecule has 0 aliphatic rings. The first-order valence-corrected chi connectivity index (χ1v) is 12.2. The van der Waals surface area contributed by atoms with E-state index in [2.05, 4.69) is 10.3 Å². The molecule has 0 spiro atoms. The lowest BCUT2D eigenvalue weighted by molar-refractivity contribution is 0.0980. The summed E-state index contributed by atoms with van der Waals surface area (Å²) in [6.07, 6.45) is 5.32. The number of aromatic nitrogens is 2. The van der Waals surface area contributed by atoms with Gasteiger partial charge in [-0.2, -0.15) is 0 Å². The Morgan fingerprint density at radius 1 is 1.11 bits per heavy atom. The summed E-state index contributed by atoms with van der Waals surface area (Å²) in [5, 5.41) is 2.76. The number of amides is 2. The maximum atomic E-state index is 13.7. The summed E-state index contributed by atoms with van der Waals surface area (Å²) < 4.78 is 6.44. The van der Waals surface area contributed by atoms with E-state index in [0.717, 1.165) is 24.8 Å². The third-order valence-corrected chi connectivity index (χ3v) is 5.93. The van der Waals surface area contributed by atoms with E-state index in [9.17, 15) is 19.2 Å². The average molecular weight is 496 g/mol. The molecule has 3 aromatic rings. The minimum atomic E-state index is -0.714. The second-order valence-corrected chi connectivity index (χ2v) is 8.62. The van der Waals surface area contributed by atoms with Crippen LogP contribution in [0.2, 0.25) is 0 Å². The van der Waals surface area contributed by atoms with Gasteiger partial charge in [0.05, 0.1) is 6.26 Å². The quantitative estimate of drug-likeness (QED) is 0.344. The molecule has 3 rings (SSSR count). The van der Waals surface area contributed by atoms with Crippen molar-refractivity contribution in [3.05, 3.63) is 74.3 Å². The predicted octanol–water partition coefficient (Wildman–Crippen LogP) is 3.91. The van der Waals surface area contributed by atoms with E-state index in [0.29, 0.717) is 25.1 Å². The van der Waals surface area contributed by atoms with Gasteiger partial charge >= 0.3 is 5.69 Å². The van der Waals surface area contributed by atoms with E-state index in [1.807, 2.05) is 13.8 Å². The summed E-state index contributed by atoms with van der Waals surface area (Å²) >= 11 is 0. The Kier molecular flexibility index (Phi) is 8.88. The van der Waals surface area contributed by atoms with E-state index in [1.165, 1.54) is 21.8 Å². The van der Waals surface area contributed by atoms with Gasteiger partial charge < -0.3 is 20.4 Å². The number of nitrogens with two attached hydrogens (primary N) is 1. The molecule has 0 unspecified atom stereocenters. The van der Waals surface area contributed by atoms with Crippen molar-refractivity contribution in [2.24, 2.45) is 0 Å². The molecule has 10 nitrogen and oxygen atoms in total. The van der Waals surface area contributed by atoms with Crippen molar-refractivity contribution in [1.82, 2.24) is 9.55 Å². The van der Waals surface area contributed by atoms with Crippen molar-refractivity contribution in [2.45, 2.75) is 59.4 Å². The molecule has 36 heavy (non-hydrogen) atoms. The fourth-order valence-corrected chi connectivity index (χ4v) is 3.85. The molecule has 192 valence electrons. The Morgan fingerprint density at radius 3 is 2.53 bits per heavy atom. The van der Waals surface area contributed by atoms with Crippen LogP contribution in [0.1, 0.15) is 72.4 Å². The molecule has 4 N–H and O–H groups in total. The minimum Gasteiger partial charge on any atom is -0.459 e. The number of carbonyl (C=O) groups is 2. The lowest BCUT2D eigenvalue weighted by Gasteiger charge is -2.25. The number of nitrogen functional groups attached to an aromatic ring is 1. The molecule has 2 aromatic heterocycles. The monoisotopic (exact) mass is 495 g/mol. The van der Waals surface area contributed by atoms with Crippen LogP contribution < -0.4 is 27.2 Å². The van der Waals surface area contributed by atoms with Gasteiger partial charge in [-0.15, -0.1) is 0 Å². The lowest BCUT2D eigenvalue weighted by atomic mass is 10.1. The first-order valence-electron chi connectivity index (χ1n) is 12.2. The Morgan fingerprint density at radius 2 is 1.86 bits per heavy atom. The van der Waals surface area contributed by atoms with Crippen molar-refractivity contribution >= 4 is 29.0 Å². The van der Waals surface area contributed by atoms with Crippen molar-refractivity contribution < 1.29 is 14.0 Å². The maximum Gasteiger partial charge on any atom is 0.330 e. The maximum absolute atomic E-state index is 13.7. The Hall–Kier alpha value is -4.08. The molecule has 10 heteroatoms. The summed E-state index contributed by atoms with van der Waals surface area (Å²) in [5.41, 5.74) is 6.38. The molecule has 0 aliphatic carbocycles. The molecule has 0 atom stereocenters. The fraction of sp³-hybridized carbons (Fsp3) is 0.385. The average Bonchev–Trinajstić information content (AvgIpc) is 3.39. The zero-order valence-electron chi connectivity index (χ0n) is 20.9. The van der Waals surface area contributed by atoms with E-state index < -0.39 is 23.1 Å². The number of nitrogens with one attached hydrogen (secondary N) is 2. The molecule has 2 heterocycles. The van der Waals surface area contributed by atoms with Gasteiger partial charge in [-0.25, -0.2) is 4.79 Å². The molecule has 2 amide bonds. The highest BCUT2D eigenvalue weighted by atomic mass is 16.3. The third-order valence-electron chi connectivity index (χ3n) is 5.93. The summed E-state index contributed by atoms with van der Waals surface area (Å²) in [5.74, 6) is -0.810. The molecule has 0 saturated carbocycles. The van der Waals surface area contributed by atoms with Crippen molar-refractivity contribution in [2.75, 3.05) is 22.5 Å². The molecule has 0 fully saturated rings. The number of aryl methyl sites for hydroxylation is 1.